The minimum absolute atomic E-state index is 0.0201. The van der Waals surface area contributed by atoms with Gasteiger partial charge in [0.25, 0.3) is 5.56 Å². The number of rotatable bonds is 5. The molecule has 3 atom stereocenters. The Labute approximate surface area is 249 Å². The molecule has 0 radical (unpaired) electrons. The second-order valence-electron chi connectivity index (χ2n) is 12.1. The quantitative estimate of drug-likeness (QED) is 0.470. The molecule has 1 aliphatic carbocycles. The van der Waals surface area contributed by atoms with Crippen molar-refractivity contribution in [3.63, 3.8) is 0 Å². The predicted octanol–water partition coefficient (Wildman–Crippen LogP) is 4.02. The van der Waals surface area contributed by atoms with Crippen LogP contribution in [-0.2, 0) is 17.3 Å². The number of aromatic nitrogens is 1. The van der Waals surface area contributed by atoms with Crippen LogP contribution >= 0.6 is 0 Å². The zero-order chi connectivity index (χ0) is 29.3. The third kappa shape index (κ3) is 5.34. The van der Waals surface area contributed by atoms with Crippen molar-refractivity contribution in [2.24, 2.45) is 5.41 Å². The molecule has 3 fully saturated rings. The summed E-state index contributed by atoms with van der Waals surface area (Å²) in [5.41, 5.74) is 0.725. The Morgan fingerprint density at radius 1 is 1.02 bits per heavy atom. The summed E-state index contributed by atoms with van der Waals surface area (Å²) in [6.07, 6.45) is 7.25. The molecule has 3 heterocycles. The van der Waals surface area contributed by atoms with E-state index >= 15 is 0 Å². The van der Waals surface area contributed by atoms with Crippen LogP contribution in [0.25, 0.3) is 11.1 Å². The van der Waals surface area contributed by atoms with Crippen molar-refractivity contribution in [1.82, 2.24) is 19.7 Å². The highest BCUT2D eigenvalue weighted by Crippen LogP contribution is 2.52. The van der Waals surface area contributed by atoms with Crippen LogP contribution < -0.4 is 10.9 Å². The van der Waals surface area contributed by atoms with Crippen molar-refractivity contribution in [3.05, 3.63) is 88.8 Å². The number of piperazine rings is 1. The van der Waals surface area contributed by atoms with Gasteiger partial charge in [-0.1, -0.05) is 73.5 Å². The fourth-order valence-corrected chi connectivity index (χ4v) is 8.14. The minimum atomic E-state index is -1.33. The summed E-state index contributed by atoms with van der Waals surface area (Å²) in [5, 5.41) is 15.8. The number of pyridine rings is 1. The van der Waals surface area contributed by atoms with Crippen LogP contribution in [0, 0.1) is 5.41 Å². The van der Waals surface area contributed by atoms with E-state index in [1.165, 1.54) is 0 Å². The molecular weight excluding hydrogens is 548 g/mol. The second kappa shape index (κ2) is 11.8. The molecule has 2 N–H and O–H groups in total. The highest BCUT2D eigenvalue weighted by atomic mass is 32.2. The lowest BCUT2D eigenvalue weighted by atomic mass is 9.66. The fourth-order valence-electron chi connectivity index (χ4n) is 7.38. The summed E-state index contributed by atoms with van der Waals surface area (Å²) in [5.74, 6) is 0. The monoisotopic (exact) mass is 588 g/mol. The summed E-state index contributed by atoms with van der Waals surface area (Å²) in [6.45, 7) is 3.10. The Kier molecular flexibility index (Phi) is 8.09. The van der Waals surface area contributed by atoms with E-state index in [0.717, 1.165) is 43.4 Å². The second-order valence-corrected chi connectivity index (χ2v) is 13.5. The first-order chi connectivity index (χ1) is 20.3. The number of amides is 2. The van der Waals surface area contributed by atoms with Gasteiger partial charge in [0.1, 0.15) is 0 Å². The number of piperidine rings is 1. The number of nitrogens with one attached hydrogen (secondary N) is 1. The van der Waals surface area contributed by atoms with Crippen molar-refractivity contribution >= 4 is 16.8 Å². The van der Waals surface area contributed by atoms with Crippen LogP contribution in [-0.4, -0.2) is 74.3 Å². The normalized spacial score (nSPS) is 24.6. The number of carbonyl (C=O) groups is 1. The number of urea groups is 1. The van der Waals surface area contributed by atoms with E-state index in [1.807, 2.05) is 58.3 Å². The summed E-state index contributed by atoms with van der Waals surface area (Å²) in [7, 11) is -1.33. The number of hydrogen-bond donors (Lipinski definition) is 2. The van der Waals surface area contributed by atoms with E-state index in [4.69, 9.17) is 0 Å². The zero-order valence-corrected chi connectivity index (χ0v) is 25.0. The number of nitrogens with zero attached hydrogens (tertiary/aromatic N) is 3. The molecule has 1 saturated carbocycles. The van der Waals surface area contributed by atoms with Gasteiger partial charge in [-0.15, -0.1) is 0 Å². The molecule has 6 rings (SSSR count). The van der Waals surface area contributed by atoms with Crippen molar-refractivity contribution in [3.8, 4) is 11.1 Å². The third-order valence-corrected chi connectivity index (χ3v) is 10.6. The Bertz CT molecular complexity index is 1510. The molecule has 42 heavy (non-hydrogen) atoms. The number of likely N-dealkylation sites (tertiary alicyclic amines) is 1. The number of hydrogen-bond acceptors (Lipinski definition) is 5. The van der Waals surface area contributed by atoms with Gasteiger partial charge in [-0.25, -0.2) is 4.79 Å². The van der Waals surface area contributed by atoms with Crippen molar-refractivity contribution < 1.29 is 14.1 Å². The van der Waals surface area contributed by atoms with Crippen molar-refractivity contribution in [2.45, 2.75) is 55.2 Å². The molecule has 1 spiro atoms. The first-order valence-corrected chi connectivity index (χ1v) is 16.5. The molecule has 8 nitrogen and oxygen atoms in total. The summed E-state index contributed by atoms with van der Waals surface area (Å²) in [6, 6.07) is 21.2. The largest absolute Gasteiger partial charge is 0.387 e. The summed E-state index contributed by atoms with van der Waals surface area (Å²) < 4.78 is 14.3. The van der Waals surface area contributed by atoms with E-state index in [9.17, 15) is 18.9 Å². The predicted molar refractivity (Wildman–Crippen MR) is 165 cm³/mol. The van der Waals surface area contributed by atoms with Gasteiger partial charge in [-0.3, -0.25) is 9.00 Å². The van der Waals surface area contributed by atoms with E-state index in [0.29, 0.717) is 43.1 Å². The number of benzene rings is 2. The van der Waals surface area contributed by atoms with Crippen LogP contribution in [0.5, 0.6) is 0 Å². The maximum atomic E-state index is 14.0. The lowest BCUT2D eigenvalue weighted by Crippen LogP contribution is -2.64. The molecule has 222 valence electrons. The van der Waals surface area contributed by atoms with E-state index in [1.54, 1.807) is 23.1 Å². The zero-order valence-electron chi connectivity index (χ0n) is 24.2. The van der Waals surface area contributed by atoms with Gasteiger partial charge in [0, 0.05) is 62.2 Å². The molecule has 2 aliphatic heterocycles. The first-order valence-electron chi connectivity index (χ1n) is 15.0. The fraction of sp³-hybridized carbons (Fsp3) is 0.455. The molecule has 1 aromatic heterocycles. The molecule has 2 saturated heterocycles. The number of aliphatic hydroxyl groups is 1. The highest BCUT2D eigenvalue weighted by Gasteiger charge is 2.56. The summed E-state index contributed by atoms with van der Waals surface area (Å²) >= 11 is 0. The molecule has 3 aliphatic rings. The lowest BCUT2D eigenvalue weighted by molar-refractivity contribution is -0.136. The molecular formula is C33H40N4O4S. The van der Waals surface area contributed by atoms with Gasteiger partial charge in [-0.05, 0) is 30.4 Å². The van der Waals surface area contributed by atoms with Crippen LogP contribution in [0.4, 0.5) is 4.79 Å². The third-order valence-electron chi connectivity index (χ3n) is 9.70. The van der Waals surface area contributed by atoms with E-state index in [-0.39, 0.29) is 24.2 Å². The Morgan fingerprint density at radius 3 is 2.40 bits per heavy atom. The van der Waals surface area contributed by atoms with Crippen LogP contribution in [0.15, 0.2) is 82.6 Å². The SMILES string of the molecule is CS(=O)c1cn(CC2(O)CCN(C(=O)N3CCNC[C@H]3c3ccccc3)CC23CCCC3)c(=O)cc1-c1ccccc1. The van der Waals surface area contributed by atoms with Gasteiger partial charge < -0.3 is 24.8 Å². The van der Waals surface area contributed by atoms with Crippen molar-refractivity contribution in [2.75, 3.05) is 39.0 Å². The van der Waals surface area contributed by atoms with Crippen LogP contribution in [0.2, 0.25) is 0 Å². The van der Waals surface area contributed by atoms with Gasteiger partial charge >= 0.3 is 6.03 Å². The highest BCUT2D eigenvalue weighted by molar-refractivity contribution is 7.84. The average molecular weight is 589 g/mol. The minimum Gasteiger partial charge on any atom is -0.387 e. The Morgan fingerprint density at radius 2 is 1.71 bits per heavy atom. The van der Waals surface area contributed by atoms with Crippen LogP contribution in [0.3, 0.4) is 0 Å². The maximum Gasteiger partial charge on any atom is 0.320 e. The van der Waals surface area contributed by atoms with Crippen molar-refractivity contribution in [1.29, 1.82) is 0 Å². The smallest absolute Gasteiger partial charge is 0.320 e. The number of carbonyl (C=O) groups excluding carboxylic acids is 1. The van der Waals surface area contributed by atoms with Gasteiger partial charge in [0.15, 0.2) is 0 Å². The van der Waals surface area contributed by atoms with E-state index in [2.05, 4.69) is 17.4 Å². The molecule has 9 heteroatoms. The standard InChI is InChI=1S/C33H40N4O4S/c1-42(41)29-22-36(30(38)20-27(29)25-10-4-2-5-11-25)24-33(40)16-18-35(23-32(33)14-8-9-15-32)31(39)37-19-17-34-21-28(37)26-12-6-3-7-13-26/h2-7,10-13,20,22,28,34,40H,8-9,14-19,21,23-24H2,1H3/t28-,33?,42?/m0/s1. The molecule has 2 amide bonds. The molecule has 2 aromatic carbocycles. The van der Waals surface area contributed by atoms with E-state index < -0.39 is 21.8 Å². The average Bonchev–Trinajstić information content (AvgIpc) is 3.50. The Hall–Kier alpha value is -3.27. The molecule has 2 unspecified atom stereocenters. The summed E-state index contributed by atoms with van der Waals surface area (Å²) in [4.78, 5) is 32.0. The van der Waals surface area contributed by atoms with Gasteiger partial charge in [0.05, 0.1) is 33.9 Å². The molecule has 3 aromatic rings. The van der Waals surface area contributed by atoms with Crippen LogP contribution in [0.1, 0.15) is 43.7 Å². The lowest BCUT2D eigenvalue weighted by Gasteiger charge is -2.53. The van der Waals surface area contributed by atoms with Gasteiger partial charge in [0.2, 0.25) is 0 Å². The van der Waals surface area contributed by atoms with Gasteiger partial charge in [-0.2, -0.15) is 0 Å². The maximum absolute atomic E-state index is 14.0. The topological polar surface area (TPSA) is 94.9 Å². The first kappa shape index (κ1) is 28.8. The Balaban J connectivity index is 1.27. The molecule has 0 bridgehead atoms.